The second kappa shape index (κ2) is 5.45. The van der Waals surface area contributed by atoms with Crippen molar-refractivity contribution in [3.63, 3.8) is 0 Å². The fourth-order valence-corrected chi connectivity index (χ4v) is 3.42. The molecule has 0 aromatic heterocycles. The van der Waals surface area contributed by atoms with Crippen molar-refractivity contribution in [2.45, 2.75) is 30.9 Å². The predicted molar refractivity (Wildman–Crippen MR) is 76.3 cm³/mol. The summed E-state index contributed by atoms with van der Waals surface area (Å²) in [6, 6.07) is 11.0. The number of methoxy groups -OCH3 is 1. The van der Waals surface area contributed by atoms with Crippen LogP contribution in [0.5, 0.6) is 0 Å². The molecular weight excluding hydrogens is 254 g/mol. The Morgan fingerprint density at radius 3 is 2.50 bits per heavy atom. The van der Waals surface area contributed by atoms with Gasteiger partial charge in [-0.2, -0.15) is 0 Å². The van der Waals surface area contributed by atoms with Gasteiger partial charge < -0.3 is 18.7 Å². The van der Waals surface area contributed by atoms with E-state index in [9.17, 15) is 0 Å². The van der Waals surface area contributed by atoms with E-state index in [4.69, 9.17) is 14.2 Å². The third-order valence-electron chi connectivity index (χ3n) is 4.62. The molecule has 4 heteroatoms. The summed E-state index contributed by atoms with van der Waals surface area (Å²) in [5, 5.41) is 0. The van der Waals surface area contributed by atoms with Crippen LogP contribution >= 0.6 is 0 Å². The topological polar surface area (TPSA) is 27.7 Å². The molecule has 0 aliphatic carbocycles. The Kier molecular flexibility index (Phi) is 3.82. The van der Waals surface area contributed by atoms with Crippen molar-refractivity contribution < 1.29 is 18.7 Å². The number of hydrogen-bond donors (Lipinski definition) is 0. The summed E-state index contributed by atoms with van der Waals surface area (Å²) < 4.78 is 18.2. The highest BCUT2D eigenvalue weighted by molar-refractivity contribution is 5.13. The highest BCUT2D eigenvalue weighted by Gasteiger charge is 2.53. The molecule has 2 heterocycles. The predicted octanol–water partition coefficient (Wildman–Crippen LogP) is 1.44. The molecule has 4 atom stereocenters. The molecular formula is C16H24NO3+. The molecule has 1 aromatic rings. The van der Waals surface area contributed by atoms with Crippen LogP contribution in [-0.2, 0) is 20.8 Å². The molecule has 0 N–H and O–H groups in total. The molecule has 4 nitrogen and oxygen atoms in total. The monoisotopic (exact) mass is 278 g/mol. The van der Waals surface area contributed by atoms with Crippen LogP contribution in [0.4, 0.5) is 0 Å². The third-order valence-corrected chi connectivity index (χ3v) is 4.62. The quantitative estimate of drug-likeness (QED) is 0.780. The number of rotatable bonds is 4. The first kappa shape index (κ1) is 14.0. The van der Waals surface area contributed by atoms with Gasteiger partial charge in [0, 0.05) is 12.7 Å². The van der Waals surface area contributed by atoms with E-state index in [1.54, 1.807) is 7.11 Å². The summed E-state index contributed by atoms with van der Waals surface area (Å²) in [4.78, 5) is 0. The Morgan fingerprint density at radius 1 is 1.10 bits per heavy atom. The zero-order valence-electron chi connectivity index (χ0n) is 12.5. The number of hydrogen-bond acceptors (Lipinski definition) is 3. The van der Waals surface area contributed by atoms with Gasteiger partial charge in [0.15, 0.2) is 0 Å². The zero-order valence-corrected chi connectivity index (χ0v) is 12.5. The first-order chi connectivity index (χ1) is 9.62. The minimum absolute atomic E-state index is 0.0849. The van der Waals surface area contributed by atoms with Crippen LogP contribution in [0, 0.1) is 0 Å². The molecule has 2 aliphatic heterocycles. The first-order valence-corrected chi connectivity index (χ1v) is 7.24. The molecule has 0 unspecified atom stereocenters. The van der Waals surface area contributed by atoms with Gasteiger partial charge in [-0.1, -0.05) is 30.3 Å². The van der Waals surface area contributed by atoms with Crippen LogP contribution in [-0.4, -0.2) is 63.3 Å². The summed E-state index contributed by atoms with van der Waals surface area (Å²) >= 11 is 0. The maximum atomic E-state index is 5.95. The number of fused-ring (bicyclic) bond motifs is 1. The van der Waals surface area contributed by atoms with E-state index in [0.717, 1.165) is 17.6 Å². The molecule has 2 fully saturated rings. The molecule has 0 saturated carbocycles. The number of benzene rings is 1. The average molecular weight is 278 g/mol. The molecule has 0 amide bonds. The second-order valence-corrected chi connectivity index (χ2v) is 6.36. The summed E-state index contributed by atoms with van der Waals surface area (Å²) in [6.45, 7) is 2.38. The van der Waals surface area contributed by atoms with Crippen LogP contribution in [0.1, 0.15) is 5.56 Å². The molecule has 2 aliphatic rings. The SMILES string of the molecule is CO[C@@H]1CO[C@H]2[C@@H]1OC[C@@H]2[N+](C)(C)Cc1ccccc1. The highest BCUT2D eigenvalue weighted by Crippen LogP contribution is 2.33. The van der Waals surface area contributed by atoms with Crippen molar-refractivity contribution in [2.24, 2.45) is 0 Å². The standard InChI is InChI=1S/C16H24NO3/c1-17(2,9-12-7-5-4-6-8-12)13-10-19-16-14(18-3)11-20-15(13)16/h4-8,13-16H,9-11H2,1-3H3/q+1/t13-,14+,15+,16+/m0/s1. The van der Waals surface area contributed by atoms with Crippen molar-refractivity contribution >= 4 is 0 Å². The van der Waals surface area contributed by atoms with Gasteiger partial charge in [-0.05, 0) is 0 Å². The molecule has 110 valence electrons. The van der Waals surface area contributed by atoms with Gasteiger partial charge in [-0.3, -0.25) is 0 Å². The fraction of sp³-hybridized carbons (Fsp3) is 0.625. The Hall–Kier alpha value is -0.940. The Morgan fingerprint density at radius 2 is 1.80 bits per heavy atom. The van der Waals surface area contributed by atoms with E-state index in [-0.39, 0.29) is 18.3 Å². The molecule has 0 bridgehead atoms. The van der Waals surface area contributed by atoms with Crippen molar-refractivity contribution in [2.75, 3.05) is 34.4 Å². The molecule has 0 radical (unpaired) electrons. The van der Waals surface area contributed by atoms with E-state index < -0.39 is 0 Å². The van der Waals surface area contributed by atoms with E-state index >= 15 is 0 Å². The largest absolute Gasteiger partial charge is 0.376 e. The molecule has 3 rings (SSSR count). The highest BCUT2D eigenvalue weighted by atomic mass is 16.6. The van der Waals surface area contributed by atoms with Crippen molar-refractivity contribution in [1.82, 2.24) is 0 Å². The van der Waals surface area contributed by atoms with Crippen molar-refractivity contribution in [3.8, 4) is 0 Å². The molecule has 2 saturated heterocycles. The van der Waals surface area contributed by atoms with Crippen LogP contribution < -0.4 is 0 Å². The number of likely N-dealkylation sites (N-methyl/N-ethyl adjacent to an activating group) is 1. The normalized spacial score (nSPS) is 33.4. The van der Waals surface area contributed by atoms with Crippen LogP contribution in [0.15, 0.2) is 30.3 Å². The smallest absolute Gasteiger partial charge is 0.142 e. The second-order valence-electron chi connectivity index (χ2n) is 6.36. The number of quaternary nitrogens is 1. The lowest BCUT2D eigenvalue weighted by molar-refractivity contribution is -0.929. The minimum atomic E-state index is 0.0849. The Labute approximate surface area is 120 Å². The van der Waals surface area contributed by atoms with Crippen LogP contribution in [0.25, 0.3) is 0 Å². The van der Waals surface area contributed by atoms with E-state index in [2.05, 4.69) is 44.4 Å². The molecule has 1 aromatic carbocycles. The van der Waals surface area contributed by atoms with Gasteiger partial charge in [-0.25, -0.2) is 0 Å². The van der Waals surface area contributed by atoms with E-state index in [0.29, 0.717) is 12.6 Å². The van der Waals surface area contributed by atoms with Crippen LogP contribution in [0.2, 0.25) is 0 Å². The Balaban J connectivity index is 1.72. The maximum absolute atomic E-state index is 5.95. The summed E-state index contributed by atoms with van der Waals surface area (Å²) in [5.41, 5.74) is 1.35. The maximum Gasteiger partial charge on any atom is 0.142 e. The number of ether oxygens (including phenoxy) is 3. The number of nitrogens with zero attached hydrogens (tertiary/aromatic N) is 1. The van der Waals surface area contributed by atoms with Crippen LogP contribution in [0.3, 0.4) is 0 Å². The van der Waals surface area contributed by atoms with Crippen molar-refractivity contribution in [1.29, 1.82) is 0 Å². The molecule has 0 spiro atoms. The minimum Gasteiger partial charge on any atom is -0.376 e. The van der Waals surface area contributed by atoms with Gasteiger partial charge in [0.1, 0.15) is 37.5 Å². The lowest BCUT2D eigenvalue weighted by atomic mass is 10.0. The summed E-state index contributed by atoms with van der Waals surface area (Å²) in [5.74, 6) is 0. The van der Waals surface area contributed by atoms with Gasteiger partial charge in [0.25, 0.3) is 0 Å². The summed E-state index contributed by atoms with van der Waals surface area (Å²) in [6.07, 6.45) is 0.332. The van der Waals surface area contributed by atoms with E-state index in [1.807, 2.05) is 0 Å². The van der Waals surface area contributed by atoms with Gasteiger partial charge >= 0.3 is 0 Å². The fourth-order valence-electron chi connectivity index (χ4n) is 3.42. The van der Waals surface area contributed by atoms with E-state index in [1.165, 1.54) is 5.56 Å². The Bertz CT molecular complexity index is 448. The average Bonchev–Trinajstić information content (AvgIpc) is 2.99. The van der Waals surface area contributed by atoms with Crippen molar-refractivity contribution in [3.05, 3.63) is 35.9 Å². The van der Waals surface area contributed by atoms with Gasteiger partial charge in [0.05, 0.1) is 20.7 Å². The first-order valence-electron chi connectivity index (χ1n) is 7.24. The summed E-state index contributed by atoms with van der Waals surface area (Å²) in [7, 11) is 6.25. The lowest BCUT2D eigenvalue weighted by Gasteiger charge is -2.37. The van der Waals surface area contributed by atoms with Gasteiger partial charge in [-0.15, -0.1) is 0 Å². The van der Waals surface area contributed by atoms with Gasteiger partial charge in [0.2, 0.25) is 0 Å². The lowest BCUT2D eigenvalue weighted by Crippen LogP contribution is -2.54. The zero-order chi connectivity index (χ0) is 14.2. The molecule has 20 heavy (non-hydrogen) atoms. The third kappa shape index (κ3) is 2.49.